The number of hydrogen-bond acceptors (Lipinski definition) is 2. The van der Waals surface area contributed by atoms with E-state index in [9.17, 15) is 5.11 Å². The van der Waals surface area contributed by atoms with Crippen LogP contribution in [0.25, 0.3) is 0 Å². The van der Waals surface area contributed by atoms with Crippen LogP contribution in [-0.4, -0.2) is 17.8 Å². The predicted molar refractivity (Wildman–Crippen MR) is 70.7 cm³/mol. The van der Waals surface area contributed by atoms with E-state index < -0.39 is 0 Å². The summed E-state index contributed by atoms with van der Waals surface area (Å²) in [5, 5.41) is 13.0. The number of aliphatic hydroxyl groups is 1. The lowest BCUT2D eigenvalue weighted by Gasteiger charge is -2.35. The summed E-state index contributed by atoms with van der Waals surface area (Å²) in [7, 11) is 0. The lowest BCUT2D eigenvalue weighted by molar-refractivity contribution is 0.152. The normalized spacial score (nSPS) is 28.9. The molecule has 2 heteroatoms. The van der Waals surface area contributed by atoms with Gasteiger partial charge < -0.3 is 10.4 Å². The number of rotatable bonds is 4. The molecular formula is C15H21NO. The maximum atomic E-state index is 9.39. The van der Waals surface area contributed by atoms with Crippen molar-refractivity contribution in [3.63, 3.8) is 0 Å². The van der Waals surface area contributed by atoms with Gasteiger partial charge in [-0.3, -0.25) is 0 Å². The zero-order valence-corrected chi connectivity index (χ0v) is 10.2. The predicted octanol–water partition coefficient (Wildman–Crippen LogP) is 2.66. The molecule has 1 aromatic carbocycles. The molecular weight excluding hydrogens is 210 g/mol. The highest BCUT2D eigenvalue weighted by Crippen LogP contribution is 2.30. The fourth-order valence-corrected chi connectivity index (χ4v) is 2.68. The Labute approximate surface area is 103 Å². The van der Waals surface area contributed by atoms with E-state index in [2.05, 4.69) is 36.2 Å². The third-order valence-corrected chi connectivity index (χ3v) is 3.54. The van der Waals surface area contributed by atoms with E-state index in [1.54, 1.807) is 0 Å². The lowest BCUT2D eigenvalue weighted by Crippen LogP contribution is -2.41. The fraction of sp³-hybridized carbons (Fsp3) is 0.467. The minimum atomic E-state index is 0.290. The summed E-state index contributed by atoms with van der Waals surface area (Å²) in [6.45, 7) is 4.09. The van der Waals surface area contributed by atoms with Crippen molar-refractivity contribution in [3.8, 4) is 0 Å². The summed E-state index contributed by atoms with van der Waals surface area (Å²) < 4.78 is 0. The van der Waals surface area contributed by atoms with Gasteiger partial charge in [-0.05, 0) is 30.7 Å². The van der Waals surface area contributed by atoms with Crippen molar-refractivity contribution in [1.82, 2.24) is 5.32 Å². The standard InChI is InChI=1S/C15H21NO/c1-2-6-14-9-12(11-17)10-15(16-14)13-7-4-3-5-8-13/h2-5,7-8,12,14-17H,1,6,9-11H2/t12-,14-,15-/m0/s1. The van der Waals surface area contributed by atoms with Crippen molar-refractivity contribution in [3.05, 3.63) is 48.6 Å². The molecule has 2 N–H and O–H groups in total. The van der Waals surface area contributed by atoms with E-state index in [0.29, 0.717) is 24.6 Å². The maximum absolute atomic E-state index is 9.39. The highest BCUT2D eigenvalue weighted by Gasteiger charge is 2.27. The molecule has 0 saturated carbocycles. The van der Waals surface area contributed by atoms with Crippen LogP contribution in [0.2, 0.25) is 0 Å². The van der Waals surface area contributed by atoms with Crippen LogP contribution in [0.4, 0.5) is 0 Å². The molecule has 0 aliphatic carbocycles. The van der Waals surface area contributed by atoms with Crippen LogP contribution in [0.15, 0.2) is 43.0 Å². The molecule has 2 nitrogen and oxygen atoms in total. The van der Waals surface area contributed by atoms with Gasteiger partial charge in [-0.25, -0.2) is 0 Å². The van der Waals surface area contributed by atoms with E-state index in [0.717, 1.165) is 19.3 Å². The Morgan fingerprint density at radius 2 is 2.06 bits per heavy atom. The molecule has 0 bridgehead atoms. The van der Waals surface area contributed by atoms with Crippen LogP contribution in [0.1, 0.15) is 30.9 Å². The van der Waals surface area contributed by atoms with Gasteiger partial charge in [0.05, 0.1) is 0 Å². The van der Waals surface area contributed by atoms with Crippen molar-refractivity contribution < 1.29 is 5.11 Å². The summed E-state index contributed by atoms with van der Waals surface area (Å²) in [6.07, 6.45) is 5.00. The second-order valence-corrected chi connectivity index (χ2v) is 4.87. The third-order valence-electron chi connectivity index (χ3n) is 3.54. The van der Waals surface area contributed by atoms with Gasteiger partial charge in [-0.2, -0.15) is 0 Å². The highest BCUT2D eigenvalue weighted by atomic mass is 16.3. The molecule has 0 spiro atoms. The van der Waals surface area contributed by atoms with E-state index in [1.165, 1.54) is 5.56 Å². The minimum absolute atomic E-state index is 0.290. The van der Waals surface area contributed by atoms with Gasteiger partial charge in [-0.15, -0.1) is 6.58 Å². The lowest BCUT2D eigenvalue weighted by atomic mass is 9.84. The van der Waals surface area contributed by atoms with E-state index in [-0.39, 0.29) is 0 Å². The van der Waals surface area contributed by atoms with Gasteiger partial charge in [0.25, 0.3) is 0 Å². The number of aliphatic hydroxyl groups excluding tert-OH is 1. The van der Waals surface area contributed by atoms with Gasteiger partial charge in [0, 0.05) is 18.7 Å². The topological polar surface area (TPSA) is 32.3 Å². The van der Waals surface area contributed by atoms with Crippen LogP contribution >= 0.6 is 0 Å². The van der Waals surface area contributed by atoms with Gasteiger partial charge in [0.2, 0.25) is 0 Å². The number of benzene rings is 1. The fourth-order valence-electron chi connectivity index (χ4n) is 2.68. The van der Waals surface area contributed by atoms with Gasteiger partial charge in [0.1, 0.15) is 0 Å². The Balaban J connectivity index is 2.08. The molecule has 2 rings (SSSR count). The second kappa shape index (κ2) is 5.99. The molecule has 17 heavy (non-hydrogen) atoms. The van der Waals surface area contributed by atoms with E-state index >= 15 is 0 Å². The van der Waals surface area contributed by atoms with Crippen molar-refractivity contribution in [2.24, 2.45) is 5.92 Å². The van der Waals surface area contributed by atoms with Gasteiger partial charge >= 0.3 is 0 Å². The molecule has 0 amide bonds. The molecule has 0 unspecified atom stereocenters. The summed E-state index contributed by atoms with van der Waals surface area (Å²) in [4.78, 5) is 0. The average molecular weight is 231 g/mol. The zero-order chi connectivity index (χ0) is 12.1. The zero-order valence-electron chi connectivity index (χ0n) is 10.2. The van der Waals surface area contributed by atoms with Crippen LogP contribution in [-0.2, 0) is 0 Å². The molecule has 1 saturated heterocycles. The first-order valence-corrected chi connectivity index (χ1v) is 6.36. The first-order valence-electron chi connectivity index (χ1n) is 6.36. The molecule has 1 fully saturated rings. The smallest absolute Gasteiger partial charge is 0.0460 e. The number of hydrogen-bond donors (Lipinski definition) is 2. The van der Waals surface area contributed by atoms with Crippen LogP contribution in [0, 0.1) is 5.92 Å². The molecule has 3 atom stereocenters. The highest BCUT2D eigenvalue weighted by molar-refractivity contribution is 5.20. The molecule has 1 heterocycles. The Morgan fingerprint density at radius 1 is 1.29 bits per heavy atom. The van der Waals surface area contributed by atoms with Gasteiger partial charge in [-0.1, -0.05) is 36.4 Å². The second-order valence-electron chi connectivity index (χ2n) is 4.87. The summed E-state index contributed by atoms with van der Waals surface area (Å²) in [5.74, 6) is 0.409. The average Bonchev–Trinajstić information content (AvgIpc) is 2.40. The molecule has 0 aromatic heterocycles. The number of piperidine rings is 1. The molecule has 0 radical (unpaired) electrons. The summed E-state index contributed by atoms with van der Waals surface area (Å²) in [5.41, 5.74) is 1.32. The minimum Gasteiger partial charge on any atom is -0.396 e. The third kappa shape index (κ3) is 3.18. The molecule has 1 aliphatic heterocycles. The Kier molecular flexibility index (Phi) is 4.35. The SMILES string of the molecule is C=CC[C@H]1C[C@H](CO)C[C@@H](c2ccccc2)N1. The van der Waals surface area contributed by atoms with Crippen molar-refractivity contribution in [2.45, 2.75) is 31.3 Å². The molecule has 1 aromatic rings. The summed E-state index contributed by atoms with van der Waals surface area (Å²) in [6, 6.07) is 11.3. The Hall–Kier alpha value is -1.12. The van der Waals surface area contributed by atoms with Crippen molar-refractivity contribution in [2.75, 3.05) is 6.61 Å². The monoisotopic (exact) mass is 231 g/mol. The molecule has 1 aliphatic rings. The summed E-state index contributed by atoms with van der Waals surface area (Å²) >= 11 is 0. The van der Waals surface area contributed by atoms with Gasteiger partial charge in [0.15, 0.2) is 0 Å². The van der Waals surface area contributed by atoms with Crippen LogP contribution in [0.5, 0.6) is 0 Å². The first-order chi connectivity index (χ1) is 8.33. The van der Waals surface area contributed by atoms with Crippen LogP contribution in [0.3, 0.4) is 0 Å². The largest absolute Gasteiger partial charge is 0.396 e. The van der Waals surface area contributed by atoms with E-state index in [1.807, 2.05) is 12.1 Å². The molecule has 92 valence electrons. The number of nitrogens with one attached hydrogen (secondary N) is 1. The maximum Gasteiger partial charge on any atom is 0.0460 e. The van der Waals surface area contributed by atoms with Crippen molar-refractivity contribution in [1.29, 1.82) is 0 Å². The quantitative estimate of drug-likeness (QED) is 0.781. The first kappa shape index (κ1) is 12.3. The Bertz CT molecular complexity index is 349. The van der Waals surface area contributed by atoms with E-state index in [4.69, 9.17) is 0 Å². The van der Waals surface area contributed by atoms with Crippen LogP contribution < -0.4 is 5.32 Å². The van der Waals surface area contributed by atoms with Crippen molar-refractivity contribution >= 4 is 0 Å². The Morgan fingerprint density at radius 3 is 2.71 bits per heavy atom.